The highest BCUT2D eigenvalue weighted by Gasteiger charge is 2.31. The largest absolute Gasteiger partial charge is 0.354 e. The molecule has 0 aromatic carbocycles. The van der Waals surface area contributed by atoms with Gasteiger partial charge < -0.3 is 10.2 Å². The van der Waals surface area contributed by atoms with Gasteiger partial charge in [0.2, 0.25) is 0 Å². The normalized spacial score (nSPS) is 22.9. The van der Waals surface area contributed by atoms with Crippen LogP contribution in [0.3, 0.4) is 0 Å². The van der Waals surface area contributed by atoms with E-state index in [1.807, 2.05) is 0 Å². The molecule has 3 rings (SSSR count). The molecule has 1 unspecified atom stereocenters. The van der Waals surface area contributed by atoms with Gasteiger partial charge in [0.05, 0.1) is 0 Å². The van der Waals surface area contributed by atoms with E-state index in [1.54, 1.807) is 0 Å². The third kappa shape index (κ3) is 3.55. The fraction of sp³-hybridized carbons (Fsp3) is 0.706. The van der Waals surface area contributed by atoms with Crippen LogP contribution in [-0.2, 0) is 6.54 Å². The zero-order valence-electron chi connectivity index (χ0n) is 13.6. The van der Waals surface area contributed by atoms with Crippen molar-refractivity contribution >= 4 is 5.82 Å². The number of pyridine rings is 1. The van der Waals surface area contributed by atoms with Crippen LogP contribution in [-0.4, -0.2) is 48.1 Å². The molecule has 2 fully saturated rings. The van der Waals surface area contributed by atoms with E-state index in [9.17, 15) is 0 Å². The monoisotopic (exact) mass is 288 g/mol. The van der Waals surface area contributed by atoms with Crippen LogP contribution < -0.4 is 10.2 Å². The van der Waals surface area contributed by atoms with Crippen LogP contribution in [0.25, 0.3) is 0 Å². The summed E-state index contributed by atoms with van der Waals surface area (Å²) in [4.78, 5) is 9.91. The van der Waals surface area contributed by atoms with E-state index >= 15 is 0 Å². The molecule has 116 valence electrons. The number of hydrogen-bond acceptors (Lipinski definition) is 4. The van der Waals surface area contributed by atoms with Crippen molar-refractivity contribution in [2.75, 3.05) is 31.1 Å². The minimum atomic E-state index is 0.518. The molecule has 1 N–H and O–H groups in total. The molecule has 4 nitrogen and oxygen atoms in total. The van der Waals surface area contributed by atoms with Gasteiger partial charge in [-0.2, -0.15) is 0 Å². The lowest BCUT2D eigenvalue weighted by Crippen LogP contribution is -2.50. The molecule has 0 saturated carbocycles. The second kappa shape index (κ2) is 6.32. The molecule has 3 heterocycles. The Morgan fingerprint density at radius 2 is 2.14 bits per heavy atom. The summed E-state index contributed by atoms with van der Waals surface area (Å²) in [5.41, 5.74) is 2.47. The van der Waals surface area contributed by atoms with Gasteiger partial charge in [0, 0.05) is 44.0 Å². The van der Waals surface area contributed by atoms with Crippen molar-refractivity contribution in [2.24, 2.45) is 0 Å². The minimum absolute atomic E-state index is 0.518. The van der Waals surface area contributed by atoms with Crippen molar-refractivity contribution in [1.29, 1.82) is 0 Å². The van der Waals surface area contributed by atoms with E-state index in [4.69, 9.17) is 4.98 Å². The predicted molar refractivity (Wildman–Crippen MR) is 87.8 cm³/mol. The van der Waals surface area contributed by atoms with E-state index in [0.29, 0.717) is 6.04 Å². The zero-order chi connectivity index (χ0) is 14.8. The van der Waals surface area contributed by atoms with E-state index < -0.39 is 0 Å². The van der Waals surface area contributed by atoms with Crippen molar-refractivity contribution < 1.29 is 0 Å². The Bertz CT molecular complexity index is 486. The quantitative estimate of drug-likeness (QED) is 0.920. The summed E-state index contributed by atoms with van der Waals surface area (Å²) in [6.07, 6.45) is 2.72. The highest BCUT2D eigenvalue weighted by atomic mass is 15.3. The Balaban J connectivity index is 1.72. The van der Waals surface area contributed by atoms with Crippen LogP contribution >= 0.6 is 0 Å². The van der Waals surface area contributed by atoms with E-state index in [0.717, 1.165) is 31.4 Å². The summed E-state index contributed by atoms with van der Waals surface area (Å²) in [5, 5.41) is 3.50. The number of aryl methyl sites for hydroxylation is 1. The first-order valence-corrected chi connectivity index (χ1v) is 8.32. The fourth-order valence-corrected chi connectivity index (χ4v) is 3.51. The molecule has 2 saturated heterocycles. The Labute approximate surface area is 128 Å². The lowest BCUT2D eigenvalue weighted by molar-refractivity contribution is 0.230. The lowest BCUT2D eigenvalue weighted by atomic mass is 10.1. The molecule has 2 aliphatic rings. The molecule has 0 spiro atoms. The fourth-order valence-electron chi connectivity index (χ4n) is 3.51. The molecule has 0 bridgehead atoms. The SMILES string of the molecule is Cc1cc(CNC(C)C)cc(N2CCN3CCCC3C2)n1. The zero-order valence-corrected chi connectivity index (χ0v) is 13.6. The van der Waals surface area contributed by atoms with Gasteiger partial charge in [0.15, 0.2) is 0 Å². The molecule has 1 aromatic rings. The van der Waals surface area contributed by atoms with E-state index in [2.05, 4.69) is 48.0 Å². The molecule has 21 heavy (non-hydrogen) atoms. The van der Waals surface area contributed by atoms with Crippen molar-refractivity contribution in [2.45, 2.75) is 52.2 Å². The number of hydrogen-bond donors (Lipinski definition) is 1. The van der Waals surface area contributed by atoms with E-state index in [1.165, 1.54) is 37.3 Å². The highest BCUT2D eigenvalue weighted by Crippen LogP contribution is 2.25. The summed E-state index contributed by atoms with van der Waals surface area (Å²) < 4.78 is 0. The van der Waals surface area contributed by atoms with Crippen LogP contribution in [0, 0.1) is 6.92 Å². The molecule has 0 amide bonds. The number of rotatable bonds is 4. The molecule has 2 aliphatic heterocycles. The van der Waals surface area contributed by atoms with Gasteiger partial charge >= 0.3 is 0 Å². The van der Waals surface area contributed by atoms with Gasteiger partial charge in [-0.3, -0.25) is 4.90 Å². The number of aromatic nitrogens is 1. The lowest BCUT2D eigenvalue weighted by Gasteiger charge is -2.38. The first kappa shape index (κ1) is 14.8. The molecule has 0 aliphatic carbocycles. The van der Waals surface area contributed by atoms with Gasteiger partial charge in [-0.15, -0.1) is 0 Å². The summed E-state index contributed by atoms with van der Waals surface area (Å²) in [6.45, 7) is 12.2. The Kier molecular flexibility index (Phi) is 4.45. The maximum atomic E-state index is 4.78. The van der Waals surface area contributed by atoms with Crippen molar-refractivity contribution in [3.63, 3.8) is 0 Å². The first-order valence-electron chi connectivity index (χ1n) is 8.32. The number of nitrogens with zero attached hydrogens (tertiary/aromatic N) is 3. The van der Waals surface area contributed by atoms with Crippen LogP contribution in [0.4, 0.5) is 5.82 Å². The Morgan fingerprint density at radius 1 is 1.29 bits per heavy atom. The topological polar surface area (TPSA) is 31.4 Å². The number of nitrogens with one attached hydrogen (secondary N) is 1. The minimum Gasteiger partial charge on any atom is -0.354 e. The molecular weight excluding hydrogens is 260 g/mol. The van der Waals surface area contributed by atoms with E-state index in [-0.39, 0.29) is 0 Å². The second-order valence-electron chi connectivity index (χ2n) is 6.79. The first-order chi connectivity index (χ1) is 10.1. The average Bonchev–Trinajstić information content (AvgIpc) is 2.92. The third-order valence-electron chi connectivity index (χ3n) is 4.63. The van der Waals surface area contributed by atoms with Crippen molar-refractivity contribution in [1.82, 2.24) is 15.2 Å². The molecule has 1 aromatic heterocycles. The van der Waals surface area contributed by atoms with Gasteiger partial charge in [0.25, 0.3) is 0 Å². The van der Waals surface area contributed by atoms with Crippen molar-refractivity contribution in [3.8, 4) is 0 Å². The number of piperazine rings is 1. The summed E-state index contributed by atoms with van der Waals surface area (Å²) >= 11 is 0. The van der Waals surface area contributed by atoms with Gasteiger partial charge in [0.1, 0.15) is 5.82 Å². The predicted octanol–water partition coefficient (Wildman–Crippen LogP) is 2.17. The van der Waals surface area contributed by atoms with Crippen LogP contribution in [0.5, 0.6) is 0 Å². The molecule has 4 heteroatoms. The van der Waals surface area contributed by atoms with Gasteiger partial charge in [-0.1, -0.05) is 13.8 Å². The molecule has 0 radical (unpaired) electrons. The maximum absolute atomic E-state index is 4.78. The second-order valence-corrected chi connectivity index (χ2v) is 6.79. The maximum Gasteiger partial charge on any atom is 0.129 e. The molecule has 1 atom stereocenters. The average molecular weight is 288 g/mol. The summed E-state index contributed by atoms with van der Waals surface area (Å²) in [6, 6.07) is 5.74. The Hall–Kier alpha value is -1.13. The molecular formula is C17H28N4. The third-order valence-corrected chi connectivity index (χ3v) is 4.63. The number of anilines is 1. The van der Waals surface area contributed by atoms with Crippen LogP contribution in [0.15, 0.2) is 12.1 Å². The summed E-state index contributed by atoms with van der Waals surface area (Å²) in [7, 11) is 0. The van der Waals surface area contributed by atoms with Crippen LogP contribution in [0.2, 0.25) is 0 Å². The number of fused-ring (bicyclic) bond motifs is 1. The van der Waals surface area contributed by atoms with Crippen molar-refractivity contribution in [3.05, 3.63) is 23.4 Å². The van der Waals surface area contributed by atoms with Gasteiger partial charge in [-0.25, -0.2) is 4.98 Å². The smallest absolute Gasteiger partial charge is 0.129 e. The summed E-state index contributed by atoms with van der Waals surface area (Å²) in [5.74, 6) is 1.17. The highest BCUT2D eigenvalue weighted by molar-refractivity contribution is 5.43. The Morgan fingerprint density at radius 3 is 2.95 bits per heavy atom. The van der Waals surface area contributed by atoms with Crippen LogP contribution in [0.1, 0.15) is 37.9 Å². The standard InChI is InChI=1S/C17H28N4/c1-13(2)18-11-15-9-14(3)19-17(10-15)21-8-7-20-6-4-5-16(20)12-21/h9-10,13,16,18H,4-8,11-12H2,1-3H3. The van der Waals surface area contributed by atoms with Gasteiger partial charge in [-0.05, 0) is 44.0 Å².